The van der Waals surface area contributed by atoms with E-state index in [1.807, 2.05) is 0 Å². The van der Waals surface area contributed by atoms with E-state index in [1.54, 1.807) is 18.3 Å². The molecule has 3 aromatic rings. The zero-order valence-corrected chi connectivity index (χ0v) is 19.1. The Bertz CT molecular complexity index is 1070. The Hall–Kier alpha value is -2.70. The molecule has 3 aromatic heterocycles. The van der Waals surface area contributed by atoms with Crippen molar-refractivity contribution in [3.05, 3.63) is 42.7 Å². The van der Waals surface area contributed by atoms with Crippen molar-refractivity contribution in [2.45, 2.75) is 0 Å². The highest BCUT2D eigenvalue weighted by atomic mass is 31.2. The summed E-state index contributed by atoms with van der Waals surface area (Å²) in [6.07, 6.45) is 5.95. The van der Waals surface area contributed by atoms with Gasteiger partial charge in [-0.05, 0) is 12.1 Å². The molecule has 0 saturated carbocycles. The predicted molar refractivity (Wildman–Crippen MR) is 112 cm³/mol. The summed E-state index contributed by atoms with van der Waals surface area (Å²) in [7, 11) is -13.9. The first-order chi connectivity index (χ1) is 15.2. The maximum absolute atomic E-state index is 10.4. The van der Waals surface area contributed by atoms with Gasteiger partial charge in [-0.25, -0.2) is 28.6 Å². The molecule has 0 atom stereocenters. The van der Waals surface area contributed by atoms with Crippen LogP contribution in [0.25, 0.3) is 11.2 Å². The Morgan fingerprint density at radius 2 is 1.32 bits per heavy atom. The molecule has 0 fully saturated rings. The Kier molecular flexibility index (Phi) is 15.0. The number of H-pyrrole nitrogens is 1. The summed E-state index contributed by atoms with van der Waals surface area (Å²) in [5.41, 5.74) is 12.2. The third-order valence-electron chi connectivity index (χ3n) is 2.20. The number of nitrogens with zero attached hydrogens (tertiary/aromatic N) is 4. The maximum atomic E-state index is 10.4. The molecule has 1 amide bonds. The molecule has 0 aromatic carbocycles. The summed E-state index contributed by atoms with van der Waals surface area (Å²) in [6, 6.07) is 3.29. The van der Waals surface area contributed by atoms with Gasteiger partial charge >= 0.3 is 23.5 Å². The lowest BCUT2D eigenvalue weighted by atomic mass is 10.3. The number of primary amides is 1. The van der Waals surface area contributed by atoms with Crippen LogP contribution in [0.4, 0.5) is 5.82 Å². The first kappa shape index (κ1) is 33.5. The lowest BCUT2D eigenvalue weighted by Crippen LogP contribution is -2.10. The second-order valence-electron chi connectivity index (χ2n) is 5.01. The van der Waals surface area contributed by atoms with Gasteiger partial charge in [-0.2, -0.15) is 0 Å². The van der Waals surface area contributed by atoms with Crippen LogP contribution >= 0.6 is 23.5 Å². The monoisotopic (exact) mass is 551 g/mol. The van der Waals surface area contributed by atoms with Crippen LogP contribution in [0.3, 0.4) is 0 Å². The zero-order valence-electron chi connectivity index (χ0n) is 16.4. The fraction of sp³-hybridized carbons (Fsp3) is 0. The minimum Gasteiger partial charge on any atom is -0.382 e. The van der Waals surface area contributed by atoms with Gasteiger partial charge < -0.3 is 60.5 Å². The van der Waals surface area contributed by atoms with Crippen LogP contribution in [0, 0.1) is 0 Å². The third-order valence-corrected chi connectivity index (χ3v) is 2.20. The molecular formula is C11H20N7O13P3. The van der Waals surface area contributed by atoms with Crippen molar-refractivity contribution in [3.8, 4) is 0 Å². The van der Waals surface area contributed by atoms with Gasteiger partial charge in [-0.15, -0.1) is 0 Å². The van der Waals surface area contributed by atoms with E-state index in [1.165, 1.54) is 18.9 Å². The largest absolute Gasteiger partial charge is 0.466 e. The second-order valence-corrected chi connectivity index (χ2v) is 8.09. The van der Waals surface area contributed by atoms with Crippen molar-refractivity contribution in [3.63, 3.8) is 0 Å². The van der Waals surface area contributed by atoms with Gasteiger partial charge in [-0.3, -0.25) is 9.78 Å². The molecule has 192 valence electrons. The van der Waals surface area contributed by atoms with E-state index in [-0.39, 0.29) is 0 Å². The summed E-state index contributed by atoms with van der Waals surface area (Å²) < 4.78 is 26.6. The van der Waals surface area contributed by atoms with Crippen molar-refractivity contribution in [1.82, 2.24) is 24.9 Å². The number of carbonyl (C=O) groups is 1. The molecule has 34 heavy (non-hydrogen) atoms. The molecule has 20 nitrogen and oxygen atoms in total. The molecule has 0 saturated heterocycles. The quantitative estimate of drug-likeness (QED) is 0.137. The third kappa shape index (κ3) is 27.3. The van der Waals surface area contributed by atoms with E-state index < -0.39 is 29.4 Å². The van der Waals surface area contributed by atoms with Gasteiger partial charge in [-0.1, -0.05) is 0 Å². The van der Waals surface area contributed by atoms with Crippen LogP contribution in [0.15, 0.2) is 37.2 Å². The number of nitrogens with one attached hydrogen (secondary N) is 1. The number of nitrogens with two attached hydrogens (primary N) is 2. The van der Waals surface area contributed by atoms with Crippen LogP contribution < -0.4 is 11.5 Å². The topological polar surface area (TPSA) is 370 Å². The molecule has 23 heteroatoms. The van der Waals surface area contributed by atoms with Gasteiger partial charge in [0.2, 0.25) is 5.91 Å². The molecule has 0 radical (unpaired) electrons. The summed E-state index contributed by atoms with van der Waals surface area (Å²) >= 11 is 0. The Morgan fingerprint density at radius 3 is 1.65 bits per heavy atom. The average Bonchev–Trinajstić information content (AvgIpc) is 3.09. The van der Waals surface area contributed by atoms with Gasteiger partial charge in [0.05, 0.1) is 11.9 Å². The zero-order chi connectivity index (χ0) is 27.2. The normalized spacial score (nSPS) is 10.6. The molecule has 3 rings (SSSR count). The van der Waals surface area contributed by atoms with E-state index in [2.05, 4.69) is 24.9 Å². The Balaban J connectivity index is 0. The molecule has 0 aliphatic rings. The standard InChI is InChI=1S/C6H6N2O.C5H5N5.3H3O4P/c7-6(9)5-2-1-3-8-4-5;6-4-3-5(9-1-7-3)10-2-8-4;3*1-5(2,3)4/h1-4H,(H2,7,9);1-2H,(H3,6,7,8,9,10);3*(H3,1,2,3,4). The maximum Gasteiger partial charge on any atom is 0.466 e. The molecule has 0 spiro atoms. The first-order valence-corrected chi connectivity index (χ1v) is 12.3. The number of rotatable bonds is 1. The second kappa shape index (κ2) is 15.3. The van der Waals surface area contributed by atoms with Crippen LogP contribution in [0.2, 0.25) is 0 Å². The van der Waals surface area contributed by atoms with Gasteiger partial charge in [0.15, 0.2) is 11.5 Å². The lowest BCUT2D eigenvalue weighted by Gasteiger charge is -1.89. The smallest absolute Gasteiger partial charge is 0.382 e. The van der Waals surface area contributed by atoms with Crippen molar-refractivity contribution in [2.75, 3.05) is 5.73 Å². The molecule has 0 aliphatic heterocycles. The highest BCUT2D eigenvalue weighted by Crippen LogP contribution is 2.26. The fourth-order valence-corrected chi connectivity index (χ4v) is 1.29. The summed E-state index contributed by atoms with van der Waals surface area (Å²) in [5.74, 6) is -0.00870. The number of nitrogen functional groups attached to an aromatic ring is 1. The number of phosphoric acid groups is 3. The molecule has 0 aliphatic carbocycles. The number of aromatic amines is 1. The number of amides is 1. The van der Waals surface area contributed by atoms with E-state index in [0.29, 0.717) is 22.5 Å². The number of pyridine rings is 1. The first-order valence-electron chi connectivity index (χ1n) is 7.62. The van der Waals surface area contributed by atoms with Crippen LogP contribution in [0.5, 0.6) is 0 Å². The molecule has 3 heterocycles. The highest BCUT2D eigenvalue weighted by molar-refractivity contribution is 7.45. The van der Waals surface area contributed by atoms with Gasteiger partial charge in [0.1, 0.15) is 11.8 Å². The Morgan fingerprint density at radius 1 is 0.853 bits per heavy atom. The molecular weight excluding hydrogens is 531 g/mol. The molecule has 14 N–H and O–H groups in total. The number of hydrogen-bond donors (Lipinski definition) is 12. The molecule has 0 unspecified atom stereocenters. The van der Waals surface area contributed by atoms with Crippen molar-refractivity contribution in [1.29, 1.82) is 0 Å². The minimum absolute atomic E-state index is 0.433. The highest BCUT2D eigenvalue weighted by Gasteiger charge is 2.01. The summed E-state index contributed by atoms with van der Waals surface area (Å²) in [5, 5.41) is 0. The lowest BCUT2D eigenvalue weighted by molar-refractivity contribution is 0.0999. The number of imidazole rings is 1. The van der Waals surface area contributed by atoms with Crippen LogP contribution in [-0.2, 0) is 13.7 Å². The summed E-state index contributed by atoms with van der Waals surface area (Å²) in [4.78, 5) is 93.1. The predicted octanol–water partition coefficient (Wildman–Crippen LogP) is -2.67. The van der Waals surface area contributed by atoms with Crippen LogP contribution in [0.1, 0.15) is 10.4 Å². The van der Waals surface area contributed by atoms with Gasteiger partial charge in [0.25, 0.3) is 0 Å². The number of hydrogen-bond acceptors (Lipinski definition) is 9. The fourth-order valence-electron chi connectivity index (χ4n) is 1.29. The van der Waals surface area contributed by atoms with Crippen LogP contribution in [-0.4, -0.2) is 74.9 Å². The van der Waals surface area contributed by atoms with Crippen molar-refractivity contribution in [2.24, 2.45) is 5.73 Å². The summed E-state index contributed by atoms with van der Waals surface area (Å²) in [6.45, 7) is 0. The number of anilines is 1. The van der Waals surface area contributed by atoms with Gasteiger partial charge in [0, 0.05) is 12.4 Å². The molecule has 0 bridgehead atoms. The van der Waals surface area contributed by atoms with Crippen molar-refractivity contribution >= 4 is 46.4 Å². The number of aromatic nitrogens is 5. The average molecular weight is 551 g/mol. The Labute approximate surface area is 188 Å². The SMILES string of the molecule is NC(=O)c1cccnc1.Nc1ncnc2nc[nH]c12.O=P(O)(O)O.O=P(O)(O)O.O=P(O)(O)O. The number of fused-ring (bicyclic) bond motifs is 1. The number of carbonyl (C=O) groups excluding carboxylic acids is 1. The van der Waals surface area contributed by atoms with E-state index in [9.17, 15) is 4.79 Å². The van der Waals surface area contributed by atoms with E-state index >= 15 is 0 Å². The minimum atomic E-state index is -4.64. The van der Waals surface area contributed by atoms with Crippen molar-refractivity contribution < 1.29 is 62.5 Å². The van der Waals surface area contributed by atoms with E-state index in [0.717, 1.165) is 0 Å². The van der Waals surface area contributed by atoms with E-state index in [4.69, 9.17) is 69.2 Å².